The molecular formula is C55H34N4S. The Labute approximate surface area is 350 Å². The van der Waals surface area contributed by atoms with Gasteiger partial charge in [-0.2, -0.15) is 0 Å². The Balaban J connectivity index is 1.01. The van der Waals surface area contributed by atoms with Crippen LogP contribution in [0, 0.1) is 0 Å². The fraction of sp³-hybridized carbons (Fsp3) is 0. The summed E-state index contributed by atoms with van der Waals surface area (Å²) in [6.07, 6.45) is 0. The van der Waals surface area contributed by atoms with Crippen LogP contribution in [0.5, 0.6) is 0 Å². The molecule has 4 heterocycles. The largest absolute Gasteiger partial charge is 0.308 e. The van der Waals surface area contributed by atoms with Crippen molar-refractivity contribution >= 4 is 64.2 Å². The van der Waals surface area contributed by atoms with Crippen LogP contribution in [-0.4, -0.2) is 19.5 Å². The third-order valence-corrected chi connectivity index (χ3v) is 12.8. The van der Waals surface area contributed by atoms with Crippen LogP contribution in [0.15, 0.2) is 206 Å². The van der Waals surface area contributed by atoms with E-state index >= 15 is 0 Å². The quantitative estimate of drug-likeness (QED) is 0.169. The van der Waals surface area contributed by atoms with Gasteiger partial charge in [0.2, 0.25) is 0 Å². The van der Waals surface area contributed by atoms with Crippen molar-refractivity contribution in [1.29, 1.82) is 0 Å². The molecule has 0 fully saturated rings. The molecule has 12 rings (SSSR count). The minimum Gasteiger partial charge on any atom is -0.308 e. The van der Waals surface area contributed by atoms with E-state index in [1.807, 2.05) is 29.5 Å². The molecule has 0 aliphatic heterocycles. The topological polar surface area (TPSA) is 43.6 Å². The molecule has 0 aliphatic carbocycles. The van der Waals surface area contributed by atoms with Crippen LogP contribution in [0.25, 0.3) is 115 Å². The Bertz CT molecular complexity index is 3590. The Morgan fingerprint density at radius 3 is 1.83 bits per heavy atom. The van der Waals surface area contributed by atoms with E-state index in [-0.39, 0.29) is 0 Å². The van der Waals surface area contributed by atoms with E-state index in [4.69, 9.17) is 15.0 Å². The highest BCUT2D eigenvalue weighted by Gasteiger charge is 2.21. The van der Waals surface area contributed by atoms with Gasteiger partial charge < -0.3 is 4.57 Å². The molecule has 12 aromatic rings. The van der Waals surface area contributed by atoms with Crippen LogP contribution in [0.2, 0.25) is 0 Å². The third-order valence-electron chi connectivity index (χ3n) is 11.6. The first-order valence-corrected chi connectivity index (χ1v) is 21.0. The van der Waals surface area contributed by atoms with Gasteiger partial charge >= 0.3 is 0 Å². The van der Waals surface area contributed by atoms with Gasteiger partial charge in [-0.25, -0.2) is 15.0 Å². The normalized spacial score (nSPS) is 11.7. The lowest BCUT2D eigenvalue weighted by Gasteiger charge is -2.13. The summed E-state index contributed by atoms with van der Waals surface area (Å²) in [5.41, 5.74) is 13.6. The van der Waals surface area contributed by atoms with Crippen molar-refractivity contribution in [3.63, 3.8) is 0 Å². The van der Waals surface area contributed by atoms with Gasteiger partial charge in [0.25, 0.3) is 0 Å². The second-order valence-electron chi connectivity index (χ2n) is 15.2. The number of hydrogen-bond donors (Lipinski definition) is 0. The zero-order valence-corrected chi connectivity index (χ0v) is 33.1. The van der Waals surface area contributed by atoms with Gasteiger partial charge in [-0.15, -0.1) is 11.3 Å². The summed E-state index contributed by atoms with van der Waals surface area (Å²) >= 11 is 1.85. The summed E-state index contributed by atoms with van der Waals surface area (Å²) in [7, 11) is 0. The molecule has 60 heavy (non-hydrogen) atoms. The maximum atomic E-state index is 5.27. The van der Waals surface area contributed by atoms with Gasteiger partial charge in [-0.3, -0.25) is 0 Å². The summed E-state index contributed by atoms with van der Waals surface area (Å²) in [4.78, 5) is 15.7. The maximum absolute atomic E-state index is 5.27. The Morgan fingerprint density at radius 1 is 0.400 bits per heavy atom. The van der Waals surface area contributed by atoms with E-state index in [0.717, 1.165) is 72.3 Å². The number of para-hydroxylation sites is 2. The lowest BCUT2D eigenvalue weighted by molar-refractivity contribution is 1.17. The van der Waals surface area contributed by atoms with Crippen molar-refractivity contribution in [3.8, 4) is 62.0 Å². The van der Waals surface area contributed by atoms with Crippen LogP contribution in [0.4, 0.5) is 0 Å². The number of pyridine rings is 1. The monoisotopic (exact) mass is 782 g/mol. The van der Waals surface area contributed by atoms with Crippen molar-refractivity contribution in [2.75, 3.05) is 0 Å². The standard InChI is InChI=1S/C55H34N4S/c1-3-15-36(16-4-1)52-51-45-23-8-11-27-49(45)59(53(51)44-22-7-10-26-46(44)56-52)40-31-29-35(30-32-40)47-34-48(58-55(57-47)37-17-5-2-6-18-37)39-20-13-19-38(33-39)41-24-14-25-43-42-21-9-12-28-50(42)60-54(41)43/h1-34H. The number of rotatable bonds is 6. The molecule has 0 bridgehead atoms. The molecule has 4 nitrogen and oxygen atoms in total. The van der Waals surface area contributed by atoms with Crippen molar-refractivity contribution in [2.45, 2.75) is 0 Å². The van der Waals surface area contributed by atoms with E-state index < -0.39 is 0 Å². The summed E-state index contributed by atoms with van der Waals surface area (Å²) < 4.78 is 5.00. The lowest BCUT2D eigenvalue weighted by Crippen LogP contribution is -1.98. The Hall–Kier alpha value is -7.73. The number of hydrogen-bond acceptors (Lipinski definition) is 4. The molecular weight excluding hydrogens is 749 g/mol. The van der Waals surface area contributed by atoms with E-state index in [1.54, 1.807) is 0 Å². The molecule has 280 valence electrons. The zero-order valence-electron chi connectivity index (χ0n) is 32.3. The summed E-state index contributed by atoms with van der Waals surface area (Å²) in [5.74, 6) is 0.694. The summed E-state index contributed by atoms with van der Waals surface area (Å²) in [6, 6.07) is 73.0. The summed E-state index contributed by atoms with van der Waals surface area (Å²) in [5, 5.41) is 6.03. The van der Waals surface area contributed by atoms with Crippen LogP contribution < -0.4 is 0 Å². The molecule has 0 atom stereocenters. The number of fused-ring (bicyclic) bond motifs is 8. The predicted molar refractivity (Wildman–Crippen MR) is 252 cm³/mol. The molecule has 0 unspecified atom stereocenters. The minimum absolute atomic E-state index is 0.694. The van der Waals surface area contributed by atoms with Crippen LogP contribution in [0.1, 0.15) is 0 Å². The fourth-order valence-electron chi connectivity index (χ4n) is 8.82. The van der Waals surface area contributed by atoms with Gasteiger partial charge in [-0.1, -0.05) is 164 Å². The Morgan fingerprint density at radius 2 is 1.02 bits per heavy atom. The minimum atomic E-state index is 0.694. The van der Waals surface area contributed by atoms with E-state index in [1.165, 1.54) is 36.7 Å². The molecule has 8 aromatic carbocycles. The molecule has 0 N–H and O–H groups in total. The molecule has 0 saturated carbocycles. The van der Waals surface area contributed by atoms with Gasteiger partial charge in [0.05, 0.1) is 33.6 Å². The third kappa shape index (κ3) is 5.63. The van der Waals surface area contributed by atoms with Crippen LogP contribution in [0.3, 0.4) is 0 Å². The fourth-order valence-corrected chi connectivity index (χ4v) is 10.1. The van der Waals surface area contributed by atoms with E-state index in [2.05, 4.69) is 193 Å². The number of nitrogens with zero attached hydrogens (tertiary/aromatic N) is 4. The average Bonchev–Trinajstić information content (AvgIpc) is 3.89. The molecule has 5 heteroatoms. The van der Waals surface area contributed by atoms with Gasteiger partial charge in [0.15, 0.2) is 5.82 Å². The lowest BCUT2D eigenvalue weighted by atomic mass is 9.99. The Kier molecular flexibility index (Phi) is 8.00. The number of aromatic nitrogens is 4. The zero-order chi connectivity index (χ0) is 39.6. The number of thiophene rings is 1. The van der Waals surface area contributed by atoms with Crippen LogP contribution in [-0.2, 0) is 0 Å². The molecule has 0 amide bonds. The van der Waals surface area contributed by atoms with Crippen molar-refractivity contribution in [1.82, 2.24) is 19.5 Å². The van der Waals surface area contributed by atoms with E-state index in [0.29, 0.717) is 5.82 Å². The maximum Gasteiger partial charge on any atom is 0.160 e. The van der Waals surface area contributed by atoms with Gasteiger partial charge in [0.1, 0.15) is 0 Å². The van der Waals surface area contributed by atoms with Crippen molar-refractivity contribution in [3.05, 3.63) is 206 Å². The smallest absolute Gasteiger partial charge is 0.160 e. The highest BCUT2D eigenvalue weighted by atomic mass is 32.1. The second-order valence-corrected chi connectivity index (χ2v) is 16.2. The molecule has 0 aliphatic rings. The predicted octanol–water partition coefficient (Wildman–Crippen LogP) is 14.8. The second kappa shape index (κ2) is 14.0. The number of benzene rings is 8. The SMILES string of the molecule is c1ccc(-c2nc(-c3ccc(-n4c5ccccc5c5c(-c6ccccc6)nc6ccccc6c54)cc3)cc(-c3cccc(-c4cccc5c4sc4ccccc45)c3)n2)cc1. The molecule has 0 spiro atoms. The highest BCUT2D eigenvalue weighted by molar-refractivity contribution is 7.26. The van der Waals surface area contributed by atoms with Gasteiger partial charge in [-0.05, 0) is 53.6 Å². The first kappa shape index (κ1) is 34.3. The highest BCUT2D eigenvalue weighted by Crippen LogP contribution is 2.43. The van der Waals surface area contributed by atoms with Crippen LogP contribution >= 0.6 is 11.3 Å². The molecule has 4 aromatic heterocycles. The molecule has 0 saturated heterocycles. The average molecular weight is 783 g/mol. The first-order chi connectivity index (χ1) is 29.7. The first-order valence-electron chi connectivity index (χ1n) is 20.2. The van der Waals surface area contributed by atoms with Gasteiger partial charge in [0, 0.05) is 64.3 Å². The van der Waals surface area contributed by atoms with Crippen molar-refractivity contribution < 1.29 is 0 Å². The van der Waals surface area contributed by atoms with Crippen molar-refractivity contribution in [2.24, 2.45) is 0 Å². The molecule has 0 radical (unpaired) electrons. The van der Waals surface area contributed by atoms with E-state index in [9.17, 15) is 0 Å². The summed E-state index contributed by atoms with van der Waals surface area (Å²) in [6.45, 7) is 0.